The second-order valence-corrected chi connectivity index (χ2v) is 3.62. The van der Waals surface area contributed by atoms with Gasteiger partial charge >= 0.3 is 0 Å². The topological polar surface area (TPSA) is 12.0 Å². The fraction of sp³-hybridized carbons (Fsp3) is 0.500. The lowest BCUT2D eigenvalue weighted by Gasteiger charge is -2.12. The van der Waals surface area contributed by atoms with E-state index in [0.29, 0.717) is 5.92 Å². The Morgan fingerprint density at radius 1 is 1.23 bits per heavy atom. The molecule has 0 saturated carbocycles. The van der Waals surface area contributed by atoms with E-state index in [1.165, 1.54) is 11.1 Å². The molecule has 1 heteroatoms. The third-order valence-electron chi connectivity index (χ3n) is 2.35. The van der Waals surface area contributed by atoms with Crippen molar-refractivity contribution in [3.63, 3.8) is 0 Å². The molecule has 0 bridgehead atoms. The van der Waals surface area contributed by atoms with Crippen LogP contribution < -0.4 is 5.32 Å². The molecule has 1 aromatic carbocycles. The SMILES string of the molecule is CCNCC(C)c1ccc(C)cc1. The maximum absolute atomic E-state index is 3.36. The number of benzene rings is 1. The van der Waals surface area contributed by atoms with Crippen LogP contribution in [0.1, 0.15) is 30.9 Å². The Bertz CT molecular complexity index is 238. The van der Waals surface area contributed by atoms with E-state index in [1.807, 2.05) is 0 Å². The number of hydrogen-bond donors (Lipinski definition) is 1. The van der Waals surface area contributed by atoms with Crippen LogP contribution in [0.25, 0.3) is 0 Å². The van der Waals surface area contributed by atoms with Crippen LogP contribution in [-0.4, -0.2) is 13.1 Å². The Morgan fingerprint density at radius 3 is 2.38 bits per heavy atom. The monoisotopic (exact) mass is 177 g/mol. The van der Waals surface area contributed by atoms with Gasteiger partial charge in [0.25, 0.3) is 0 Å². The predicted molar refractivity (Wildman–Crippen MR) is 58.1 cm³/mol. The first-order chi connectivity index (χ1) is 6.24. The Labute approximate surface area is 81.2 Å². The van der Waals surface area contributed by atoms with Crippen LogP contribution in [-0.2, 0) is 0 Å². The minimum absolute atomic E-state index is 0.612. The first-order valence-electron chi connectivity index (χ1n) is 5.01. The predicted octanol–water partition coefficient (Wildman–Crippen LogP) is 2.71. The van der Waals surface area contributed by atoms with E-state index in [9.17, 15) is 0 Å². The molecule has 0 saturated heterocycles. The van der Waals surface area contributed by atoms with Gasteiger partial charge in [0.2, 0.25) is 0 Å². The van der Waals surface area contributed by atoms with Gasteiger partial charge in [-0.3, -0.25) is 0 Å². The van der Waals surface area contributed by atoms with Crippen LogP contribution in [0.5, 0.6) is 0 Å². The number of hydrogen-bond acceptors (Lipinski definition) is 1. The van der Waals surface area contributed by atoms with Gasteiger partial charge in [-0.25, -0.2) is 0 Å². The lowest BCUT2D eigenvalue weighted by Crippen LogP contribution is -2.19. The van der Waals surface area contributed by atoms with E-state index < -0.39 is 0 Å². The van der Waals surface area contributed by atoms with Crippen molar-refractivity contribution in [2.24, 2.45) is 0 Å². The molecule has 0 aliphatic heterocycles. The zero-order chi connectivity index (χ0) is 9.68. The van der Waals surface area contributed by atoms with Crippen LogP contribution in [0.3, 0.4) is 0 Å². The average Bonchev–Trinajstić information content (AvgIpc) is 2.15. The summed E-state index contributed by atoms with van der Waals surface area (Å²) in [6, 6.07) is 8.80. The van der Waals surface area contributed by atoms with Crippen molar-refractivity contribution in [3.05, 3.63) is 35.4 Å². The van der Waals surface area contributed by atoms with Gasteiger partial charge < -0.3 is 5.32 Å². The largest absolute Gasteiger partial charge is 0.316 e. The Morgan fingerprint density at radius 2 is 1.85 bits per heavy atom. The minimum Gasteiger partial charge on any atom is -0.316 e. The molecule has 1 N–H and O–H groups in total. The second kappa shape index (κ2) is 5.03. The molecule has 0 spiro atoms. The summed E-state index contributed by atoms with van der Waals surface area (Å²) >= 11 is 0. The van der Waals surface area contributed by atoms with Gasteiger partial charge in [0.05, 0.1) is 0 Å². The van der Waals surface area contributed by atoms with E-state index in [2.05, 4.69) is 50.4 Å². The summed E-state index contributed by atoms with van der Waals surface area (Å²) in [5.74, 6) is 0.612. The highest BCUT2D eigenvalue weighted by Gasteiger charge is 2.02. The van der Waals surface area contributed by atoms with E-state index in [-0.39, 0.29) is 0 Å². The van der Waals surface area contributed by atoms with Gasteiger partial charge in [-0.15, -0.1) is 0 Å². The summed E-state index contributed by atoms with van der Waals surface area (Å²) in [6.07, 6.45) is 0. The Balaban J connectivity index is 2.55. The molecule has 1 aromatic rings. The van der Waals surface area contributed by atoms with Crippen molar-refractivity contribution in [1.82, 2.24) is 5.32 Å². The van der Waals surface area contributed by atoms with Crippen LogP contribution in [0.2, 0.25) is 0 Å². The second-order valence-electron chi connectivity index (χ2n) is 3.62. The maximum atomic E-state index is 3.36. The summed E-state index contributed by atoms with van der Waals surface area (Å²) in [4.78, 5) is 0. The zero-order valence-electron chi connectivity index (χ0n) is 8.80. The van der Waals surface area contributed by atoms with Gasteiger partial charge in [-0.1, -0.05) is 43.7 Å². The molecular weight excluding hydrogens is 158 g/mol. The third-order valence-corrected chi connectivity index (χ3v) is 2.35. The molecule has 1 unspecified atom stereocenters. The minimum atomic E-state index is 0.612. The molecule has 1 nitrogen and oxygen atoms in total. The Hall–Kier alpha value is -0.820. The Kier molecular flexibility index (Phi) is 3.97. The standard InChI is InChI=1S/C12H19N/c1-4-13-9-11(3)12-7-5-10(2)6-8-12/h5-8,11,13H,4,9H2,1-3H3. The van der Waals surface area contributed by atoms with Crippen molar-refractivity contribution in [2.45, 2.75) is 26.7 Å². The first-order valence-corrected chi connectivity index (χ1v) is 5.01. The van der Waals surface area contributed by atoms with Crippen molar-refractivity contribution >= 4 is 0 Å². The van der Waals surface area contributed by atoms with Crippen LogP contribution in [0.4, 0.5) is 0 Å². The number of nitrogens with one attached hydrogen (secondary N) is 1. The summed E-state index contributed by atoms with van der Waals surface area (Å²) in [6.45, 7) is 8.64. The number of likely N-dealkylation sites (N-methyl/N-ethyl adjacent to an activating group) is 1. The third kappa shape index (κ3) is 3.19. The van der Waals surface area contributed by atoms with Crippen molar-refractivity contribution in [1.29, 1.82) is 0 Å². The van der Waals surface area contributed by atoms with Crippen molar-refractivity contribution < 1.29 is 0 Å². The molecule has 0 aliphatic carbocycles. The van der Waals surface area contributed by atoms with E-state index >= 15 is 0 Å². The molecule has 0 heterocycles. The molecule has 0 aliphatic rings. The van der Waals surface area contributed by atoms with Gasteiger partial charge in [-0.2, -0.15) is 0 Å². The summed E-state index contributed by atoms with van der Waals surface area (Å²) in [7, 11) is 0. The summed E-state index contributed by atoms with van der Waals surface area (Å²) in [5.41, 5.74) is 2.76. The van der Waals surface area contributed by atoms with Crippen LogP contribution in [0.15, 0.2) is 24.3 Å². The molecule has 13 heavy (non-hydrogen) atoms. The fourth-order valence-corrected chi connectivity index (χ4v) is 1.37. The van der Waals surface area contributed by atoms with Gasteiger partial charge in [-0.05, 0) is 24.9 Å². The molecule has 0 aromatic heterocycles. The average molecular weight is 177 g/mol. The van der Waals surface area contributed by atoms with E-state index in [0.717, 1.165) is 13.1 Å². The smallest absolute Gasteiger partial charge is 0.00173 e. The fourth-order valence-electron chi connectivity index (χ4n) is 1.37. The zero-order valence-corrected chi connectivity index (χ0v) is 8.80. The van der Waals surface area contributed by atoms with Crippen LogP contribution >= 0.6 is 0 Å². The van der Waals surface area contributed by atoms with Crippen LogP contribution in [0, 0.1) is 6.92 Å². The van der Waals surface area contributed by atoms with Gasteiger partial charge in [0.15, 0.2) is 0 Å². The van der Waals surface area contributed by atoms with Crippen molar-refractivity contribution in [2.75, 3.05) is 13.1 Å². The molecule has 72 valence electrons. The van der Waals surface area contributed by atoms with Gasteiger partial charge in [0, 0.05) is 6.54 Å². The highest BCUT2D eigenvalue weighted by atomic mass is 14.8. The molecule has 0 fully saturated rings. The normalized spacial score (nSPS) is 12.8. The molecule has 0 amide bonds. The highest BCUT2D eigenvalue weighted by molar-refractivity contribution is 5.24. The summed E-state index contributed by atoms with van der Waals surface area (Å²) < 4.78 is 0. The van der Waals surface area contributed by atoms with Gasteiger partial charge in [0.1, 0.15) is 0 Å². The highest BCUT2D eigenvalue weighted by Crippen LogP contribution is 2.14. The summed E-state index contributed by atoms with van der Waals surface area (Å²) in [5, 5.41) is 3.36. The molecule has 1 rings (SSSR count). The first kappa shape index (κ1) is 10.3. The molecular formula is C12H19N. The lowest BCUT2D eigenvalue weighted by atomic mass is 10.0. The molecule has 0 radical (unpaired) electrons. The van der Waals surface area contributed by atoms with E-state index in [4.69, 9.17) is 0 Å². The van der Waals surface area contributed by atoms with E-state index in [1.54, 1.807) is 0 Å². The number of aryl methyl sites for hydroxylation is 1. The number of rotatable bonds is 4. The maximum Gasteiger partial charge on any atom is 0.00173 e. The van der Waals surface area contributed by atoms with Crippen molar-refractivity contribution in [3.8, 4) is 0 Å². The lowest BCUT2D eigenvalue weighted by molar-refractivity contribution is 0.635. The quantitative estimate of drug-likeness (QED) is 0.745. The molecule has 1 atom stereocenters.